The number of hydrogen-bond acceptors (Lipinski definition) is 4. The lowest BCUT2D eigenvalue weighted by Crippen LogP contribution is -2.19. The number of rotatable bonds is 4. The summed E-state index contributed by atoms with van der Waals surface area (Å²) in [5.74, 6) is -1.37. The molecule has 0 heterocycles. The summed E-state index contributed by atoms with van der Waals surface area (Å²) in [6.45, 7) is 1.66. The van der Waals surface area contributed by atoms with Crippen LogP contribution in [0, 0.1) is 11.3 Å². The van der Waals surface area contributed by atoms with E-state index >= 15 is 0 Å². The number of nitrogens with zero attached hydrogens (tertiary/aromatic N) is 1. The molecule has 0 aliphatic rings. The highest BCUT2D eigenvalue weighted by Gasteiger charge is 2.32. The minimum atomic E-state index is -4.94. The van der Waals surface area contributed by atoms with Crippen molar-refractivity contribution in [2.24, 2.45) is 0 Å². The highest BCUT2D eigenvalue weighted by Crippen LogP contribution is 2.31. The van der Waals surface area contributed by atoms with Crippen molar-refractivity contribution < 1.29 is 27.4 Å². The van der Waals surface area contributed by atoms with Crippen molar-refractivity contribution in [2.75, 3.05) is 6.61 Å². The molecular formula is C12H9ClF3NO3. The van der Waals surface area contributed by atoms with Crippen LogP contribution in [0.3, 0.4) is 0 Å². The SMILES string of the molecule is CCOC(=O)Cc1cc(Cl)c(C#N)cc1OC(F)(F)F. The number of nitriles is 1. The molecular weight excluding hydrogens is 299 g/mol. The third kappa shape index (κ3) is 4.63. The van der Waals surface area contributed by atoms with Crippen molar-refractivity contribution >= 4 is 17.6 Å². The van der Waals surface area contributed by atoms with Crippen LogP contribution in [0.25, 0.3) is 0 Å². The summed E-state index contributed by atoms with van der Waals surface area (Å²) < 4.78 is 45.3. The molecule has 0 N–H and O–H groups in total. The monoisotopic (exact) mass is 307 g/mol. The first-order valence-corrected chi connectivity index (χ1v) is 5.78. The first-order chi connectivity index (χ1) is 9.26. The van der Waals surface area contributed by atoms with Gasteiger partial charge in [-0.15, -0.1) is 13.2 Å². The summed E-state index contributed by atoms with van der Waals surface area (Å²) in [5.41, 5.74) is -0.289. The molecule has 0 saturated carbocycles. The van der Waals surface area contributed by atoms with Gasteiger partial charge in [-0.25, -0.2) is 0 Å². The first kappa shape index (κ1) is 16.1. The second kappa shape index (κ2) is 6.48. The Kier molecular flexibility index (Phi) is 5.22. The van der Waals surface area contributed by atoms with Crippen molar-refractivity contribution in [2.45, 2.75) is 19.7 Å². The van der Waals surface area contributed by atoms with E-state index in [1.54, 1.807) is 13.0 Å². The molecule has 0 aliphatic heterocycles. The van der Waals surface area contributed by atoms with E-state index in [0.29, 0.717) is 0 Å². The van der Waals surface area contributed by atoms with Gasteiger partial charge in [-0.1, -0.05) is 11.6 Å². The number of benzene rings is 1. The smallest absolute Gasteiger partial charge is 0.466 e. The molecule has 0 bridgehead atoms. The van der Waals surface area contributed by atoms with Gasteiger partial charge >= 0.3 is 12.3 Å². The van der Waals surface area contributed by atoms with E-state index in [0.717, 1.165) is 12.1 Å². The van der Waals surface area contributed by atoms with Gasteiger partial charge in [0.15, 0.2) is 0 Å². The molecule has 4 nitrogen and oxygen atoms in total. The molecule has 1 rings (SSSR count). The summed E-state index contributed by atoms with van der Waals surface area (Å²) >= 11 is 5.72. The molecule has 20 heavy (non-hydrogen) atoms. The van der Waals surface area contributed by atoms with Gasteiger partial charge in [-0.05, 0) is 13.0 Å². The van der Waals surface area contributed by atoms with Crippen molar-refractivity contribution in [3.8, 4) is 11.8 Å². The van der Waals surface area contributed by atoms with E-state index in [1.165, 1.54) is 0 Å². The summed E-state index contributed by atoms with van der Waals surface area (Å²) in [4.78, 5) is 11.3. The molecule has 0 radical (unpaired) electrons. The Bertz CT molecular complexity index is 552. The summed E-state index contributed by atoms with van der Waals surface area (Å²) in [6.07, 6.45) is -5.38. The topological polar surface area (TPSA) is 59.3 Å². The Balaban J connectivity index is 3.16. The lowest BCUT2D eigenvalue weighted by atomic mass is 10.1. The molecule has 0 fully saturated rings. The van der Waals surface area contributed by atoms with Gasteiger partial charge < -0.3 is 9.47 Å². The number of alkyl halides is 3. The maximum atomic E-state index is 12.3. The Morgan fingerprint density at radius 3 is 2.60 bits per heavy atom. The van der Waals surface area contributed by atoms with E-state index in [2.05, 4.69) is 9.47 Å². The Labute approximate surface area is 117 Å². The maximum Gasteiger partial charge on any atom is 0.573 e. The zero-order valence-corrected chi connectivity index (χ0v) is 11.0. The zero-order valence-electron chi connectivity index (χ0n) is 10.3. The van der Waals surface area contributed by atoms with Crippen molar-refractivity contribution in [1.82, 2.24) is 0 Å². The average Bonchev–Trinajstić information content (AvgIpc) is 2.31. The summed E-state index contributed by atoms with van der Waals surface area (Å²) in [5, 5.41) is 8.67. The van der Waals surface area contributed by atoms with Crippen LogP contribution in [0.2, 0.25) is 5.02 Å². The minimum absolute atomic E-state index is 0.0682. The predicted molar refractivity (Wildman–Crippen MR) is 63.2 cm³/mol. The van der Waals surface area contributed by atoms with Crippen LogP contribution in [0.5, 0.6) is 5.75 Å². The van der Waals surface area contributed by atoms with Gasteiger partial charge in [0.1, 0.15) is 11.8 Å². The molecule has 0 atom stereocenters. The third-order valence-corrected chi connectivity index (χ3v) is 2.45. The predicted octanol–water partition coefficient (Wildman–Crippen LogP) is 3.22. The molecule has 0 saturated heterocycles. The quantitative estimate of drug-likeness (QED) is 0.801. The van der Waals surface area contributed by atoms with Crippen LogP contribution in [0.1, 0.15) is 18.1 Å². The van der Waals surface area contributed by atoms with Crippen molar-refractivity contribution in [1.29, 1.82) is 5.26 Å². The molecule has 0 unspecified atom stereocenters. The van der Waals surface area contributed by atoms with Crippen LogP contribution in [0.4, 0.5) is 13.2 Å². The van der Waals surface area contributed by atoms with Crippen LogP contribution in [0.15, 0.2) is 12.1 Å². The van der Waals surface area contributed by atoms with E-state index in [9.17, 15) is 18.0 Å². The summed E-state index contributed by atoms with van der Waals surface area (Å²) in [6, 6.07) is 3.55. The zero-order chi connectivity index (χ0) is 15.3. The number of carbonyl (C=O) groups excluding carboxylic acids is 1. The lowest BCUT2D eigenvalue weighted by molar-refractivity contribution is -0.274. The van der Waals surface area contributed by atoms with Crippen LogP contribution >= 0.6 is 11.6 Å². The normalized spacial score (nSPS) is 10.8. The largest absolute Gasteiger partial charge is 0.573 e. The van der Waals surface area contributed by atoms with Gasteiger partial charge in [-0.2, -0.15) is 5.26 Å². The number of hydrogen-bond donors (Lipinski definition) is 0. The fraction of sp³-hybridized carbons (Fsp3) is 0.333. The maximum absolute atomic E-state index is 12.3. The number of halogens is 4. The highest BCUT2D eigenvalue weighted by atomic mass is 35.5. The van der Waals surface area contributed by atoms with E-state index < -0.39 is 24.5 Å². The Morgan fingerprint density at radius 2 is 2.10 bits per heavy atom. The number of esters is 1. The Hall–Kier alpha value is -1.94. The fourth-order valence-electron chi connectivity index (χ4n) is 1.41. The van der Waals surface area contributed by atoms with Gasteiger partial charge in [0.2, 0.25) is 0 Å². The van der Waals surface area contributed by atoms with Gasteiger partial charge in [0.25, 0.3) is 0 Å². The lowest BCUT2D eigenvalue weighted by Gasteiger charge is -2.14. The molecule has 0 aromatic heterocycles. The van der Waals surface area contributed by atoms with Gasteiger partial charge in [0, 0.05) is 11.6 Å². The highest BCUT2D eigenvalue weighted by molar-refractivity contribution is 6.31. The fourth-order valence-corrected chi connectivity index (χ4v) is 1.63. The van der Waals surface area contributed by atoms with E-state index in [-0.39, 0.29) is 22.8 Å². The average molecular weight is 308 g/mol. The second-order valence-electron chi connectivity index (χ2n) is 3.58. The number of carbonyl (C=O) groups is 1. The van der Waals surface area contributed by atoms with Crippen molar-refractivity contribution in [3.05, 3.63) is 28.3 Å². The van der Waals surface area contributed by atoms with E-state index in [4.69, 9.17) is 16.9 Å². The van der Waals surface area contributed by atoms with Crippen LogP contribution in [-0.4, -0.2) is 18.9 Å². The van der Waals surface area contributed by atoms with Crippen LogP contribution < -0.4 is 4.74 Å². The summed E-state index contributed by atoms with van der Waals surface area (Å²) in [7, 11) is 0. The molecule has 1 aromatic carbocycles. The molecule has 0 aliphatic carbocycles. The van der Waals surface area contributed by atoms with E-state index in [1.807, 2.05) is 0 Å². The first-order valence-electron chi connectivity index (χ1n) is 5.40. The minimum Gasteiger partial charge on any atom is -0.466 e. The molecule has 108 valence electrons. The molecule has 0 spiro atoms. The van der Waals surface area contributed by atoms with Crippen molar-refractivity contribution in [3.63, 3.8) is 0 Å². The van der Waals surface area contributed by atoms with Gasteiger partial charge in [0.05, 0.1) is 23.6 Å². The standard InChI is InChI=1S/C12H9ClF3NO3/c1-2-19-11(18)5-7-3-9(13)8(6-17)4-10(7)20-12(14,15)16/h3-4H,2,5H2,1H3. The number of ether oxygens (including phenoxy) is 2. The second-order valence-corrected chi connectivity index (χ2v) is 3.99. The van der Waals surface area contributed by atoms with Crippen LogP contribution in [-0.2, 0) is 16.0 Å². The van der Waals surface area contributed by atoms with Gasteiger partial charge in [-0.3, -0.25) is 4.79 Å². The molecule has 8 heteroatoms. The molecule has 1 aromatic rings. The third-order valence-electron chi connectivity index (χ3n) is 2.14. The Morgan fingerprint density at radius 1 is 1.45 bits per heavy atom. The molecule has 0 amide bonds.